The molecular weight excluding hydrogens is 572 g/mol. The molecule has 6 nitrogen and oxygen atoms in total. The van der Waals surface area contributed by atoms with Crippen molar-refractivity contribution in [1.29, 1.82) is 0 Å². The van der Waals surface area contributed by atoms with E-state index in [1.165, 1.54) is 5.56 Å². The maximum Gasteiger partial charge on any atom is 0.251 e. The summed E-state index contributed by atoms with van der Waals surface area (Å²) in [6.45, 7) is 2.04. The molecule has 0 aromatic heterocycles. The van der Waals surface area contributed by atoms with Crippen LogP contribution in [0.4, 0.5) is 0 Å². The summed E-state index contributed by atoms with van der Waals surface area (Å²) in [5.74, 6) is -0.0934. The number of rotatable bonds is 11. The Morgan fingerprint density at radius 3 is 2.15 bits per heavy atom. The second-order valence-electron chi connectivity index (χ2n) is 11.9. The van der Waals surface area contributed by atoms with Gasteiger partial charge in [-0.05, 0) is 64.7 Å². The lowest BCUT2D eigenvalue weighted by molar-refractivity contribution is -0.252. The van der Waals surface area contributed by atoms with Crippen molar-refractivity contribution < 1.29 is 19.4 Å². The van der Waals surface area contributed by atoms with Crippen LogP contribution >= 0.6 is 0 Å². The minimum atomic E-state index is -0.542. The van der Waals surface area contributed by atoms with E-state index in [9.17, 15) is 9.90 Å². The zero-order chi connectivity index (χ0) is 31.7. The van der Waals surface area contributed by atoms with Gasteiger partial charge in [0.25, 0.3) is 5.91 Å². The number of amides is 1. The molecule has 1 saturated heterocycles. The maximum absolute atomic E-state index is 12.6. The molecule has 1 fully saturated rings. The van der Waals surface area contributed by atoms with E-state index in [-0.39, 0.29) is 24.7 Å². The van der Waals surface area contributed by atoms with Gasteiger partial charge in [0.1, 0.15) is 0 Å². The molecule has 5 aromatic rings. The molecule has 5 aromatic carbocycles. The lowest BCUT2D eigenvalue weighted by Gasteiger charge is -2.38. The van der Waals surface area contributed by atoms with E-state index in [0.717, 1.165) is 52.9 Å². The molecule has 1 heterocycles. The van der Waals surface area contributed by atoms with Crippen molar-refractivity contribution in [2.75, 3.05) is 13.6 Å². The highest BCUT2D eigenvalue weighted by Crippen LogP contribution is 2.39. The van der Waals surface area contributed by atoms with Gasteiger partial charge in [-0.25, -0.2) is 0 Å². The first kappa shape index (κ1) is 31.4. The number of ether oxygens (including phenoxy) is 2. The lowest BCUT2D eigenvalue weighted by Crippen LogP contribution is -2.37. The molecule has 0 spiro atoms. The summed E-state index contributed by atoms with van der Waals surface area (Å²) in [4.78, 5) is 14.9. The Balaban J connectivity index is 1.19. The third-order valence-corrected chi connectivity index (χ3v) is 8.33. The van der Waals surface area contributed by atoms with Crippen LogP contribution in [0, 0.1) is 0 Å². The van der Waals surface area contributed by atoms with Crippen LogP contribution in [-0.4, -0.2) is 35.6 Å². The Morgan fingerprint density at radius 2 is 1.41 bits per heavy atom. The second kappa shape index (κ2) is 15.1. The van der Waals surface area contributed by atoms with Crippen molar-refractivity contribution in [3.8, 4) is 11.1 Å². The highest BCUT2D eigenvalue weighted by atomic mass is 16.7. The SMILES string of the molecule is CN(Cc1ccccc1)C[C@H]1C[C@@H](c2ccc(CO)cc2)O[C@@H](c2cccc(-c3cccc(CNC(=O)c4ccccc4)c3)c2)O1. The predicted octanol–water partition coefficient (Wildman–Crippen LogP) is 7.45. The molecule has 1 aliphatic heterocycles. The Kier molecular flexibility index (Phi) is 10.3. The number of nitrogens with one attached hydrogen (secondary N) is 1. The average Bonchev–Trinajstić information content (AvgIpc) is 3.11. The van der Waals surface area contributed by atoms with E-state index in [1.54, 1.807) is 0 Å². The Bertz CT molecular complexity index is 1710. The molecule has 234 valence electrons. The normalized spacial score (nSPS) is 17.9. The average molecular weight is 613 g/mol. The van der Waals surface area contributed by atoms with Crippen molar-refractivity contribution in [3.63, 3.8) is 0 Å². The van der Waals surface area contributed by atoms with Crippen LogP contribution in [0.5, 0.6) is 0 Å². The fourth-order valence-electron chi connectivity index (χ4n) is 5.94. The van der Waals surface area contributed by atoms with Crippen LogP contribution in [0.2, 0.25) is 0 Å². The van der Waals surface area contributed by atoms with Crippen molar-refractivity contribution in [2.24, 2.45) is 0 Å². The third-order valence-electron chi connectivity index (χ3n) is 8.33. The predicted molar refractivity (Wildman–Crippen MR) is 181 cm³/mol. The first-order valence-electron chi connectivity index (χ1n) is 15.8. The van der Waals surface area contributed by atoms with E-state index in [0.29, 0.717) is 12.1 Å². The van der Waals surface area contributed by atoms with Crippen LogP contribution in [0.3, 0.4) is 0 Å². The van der Waals surface area contributed by atoms with Gasteiger partial charge in [0.15, 0.2) is 6.29 Å². The highest BCUT2D eigenvalue weighted by molar-refractivity contribution is 5.94. The molecule has 2 N–H and O–H groups in total. The van der Waals surface area contributed by atoms with E-state index < -0.39 is 6.29 Å². The molecule has 0 aliphatic carbocycles. The summed E-state index contributed by atoms with van der Waals surface area (Å²) in [5, 5.41) is 12.6. The Hall–Kier alpha value is -4.59. The van der Waals surface area contributed by atoms with E-state index in [1.807, 2.05) is 78.9 Å². The van der Waals surface area contributed by atoms with Gasteiger partial charge in [-0.2, -0.15) is 0 Å². The molecule has 0 bridgehead atoms. The first-order valence-corrected chi connectivity index (χ1v) is 15.8. The number of likely N-dealkylation sites (N-methyl/N-ethyl adjacent to an activating group) is 1. The molecule has 0 saturated carbocycles. The van der Waals surface area contributed by atoms with Crippen molar-refractivity contribution >= 4 is 5.91 Å². The van der Waals surface area contributed by atoms with Crippen LogP contribution in [0.15, 0.2) is 133 Å². The van der Waals surface area contributed by atoms with Gasteiger partial charge in [-0.3, -0.25) is 9.69 Å². The largest absolute Gasteiger partial charge is 0.392 e. The lowest BCUT2D eigenvalue weighted by atomic mass is 9.98. The van der Waals surface area contributed by atoms with Gasteiger partial charge in [0, 0.05) is 37.2 Å². The number of carbonyl (C=O) groups is 1. The van der Waals surface area contributed by atoms with Gasteiger partial charge in [-0.1, -0.05) is 109 Å². The van der Waals surface area contributed by atoms with Gasteiger partial charge < -0.3 is 19.9 Å². The summed E-state index contributed by atoms with van der Waals surface area (Å²) < 4.78 is 13.3. The zero-order valence-electron chi connectivity index (χ0n) is 26.1. The van der Waals surface area contributed by atoms with Crippen LogP contribution in [0.25, 0.3) is 11.1 Å². The number of carbonyl (C=O) groups excluding carboxylic acids is 1. The summed E-state index contributed by atoms with van der Waals surface area (Å²) in [7, 11) is 2.13. The van der Waals surface area contributed by atoms with Crippen LogP contribution in [-0.2, 0) is 29.2 Å². The van der Waals surface area contributed by atoms with Gasteiger partial charge in [0.05, 0.1) is 18.8 Å². The second-order valence-corrected chi connectivity index (χ2v) is 11.9. The molecule has 1 aliphatic rings. The molecule has 3 atom stereocenters. The minimum Gasteiger partial charge on any atom is -0.392 e. The number of benzene rings is 5. The van der Waals surface area contributed by atoms with E-state index >= 15 is 0 Å². The first-order chi connectivity index (χ1) is 22.5. The smallest absolute Gasteiger partial charge is 0.251 e. The fraction of sp³-hybridized carbons (Fsp3) is 0.225. The molecule has 46 heavy (non-hydrogen) atoms. The van der Waals surface area contributed by atoms with Gasteiger partial charge in [0.2, 0.25) is 0 Å². The summed E-state index contributed by atoms with van der Waals surface area (Å²) >= 11 is 0. The van der Waals surface area contributed by atoms with E-state index in [4.69, 9.17) is 9.47 Å². The molecule has 1 amide bonds. The van der Waals surface area contributed by atoms with Gasteiger partial charge in [-0.15, -0.1) is 0 Å². The van der Waals surface area contributed by atoms with Crippen molar-refractivity contribution in [1.82, 2.24) is 10.2 Å². The zero-order valence-corrected chi connectivity index (χ0v) is 26.1. The fourth-order valence-corrected chi connectivity index (χ4v) is 5.94. The number of hydrogen-bond donors (Lipinski definition) is 2. The van der Waals surface area contributed by atoms with E-state index in [2.05, 4.69) is 71.9 Å². The van der Waals surface area contributed by atoms with Crippen LogP contribution < -0.4 is 5.32 Å². The van der Waals surface area contributed by atoms with Crippen LogP contribution in [0.1, 0.15) is 57.0 Å². The molecule has 6 heteroatoms. The molecule has 6 rings (SSSR count). The number of aliphatic hydroxyl groups is 1. The monoisotopic (exact) mass is 612 g/mol. The molecule has 0 radical (unpaired) electrons. The Morgan fingerprint density at radius 1 is 0.739 bits per heavy atom. The maximum atomic E-state index is 12.6. The van der Waals surface area contributed by atoms with Crippen molar-refractivity contribution in [2.45, 2.75) is 44.6 Å². The quantitative estimate of drug-likeness (QED) is 0.162. The topological polar surface area (TPSA) is 71.0 Å². The summed E-state index contributed by atoms with van der Waals surface area (Å²) in [6.07, 6.45) is -0.0124. The number of hydrogen-bond acceptors (Lipinski definition) is 5. The van der Waals surface area contributed by atoms with Gasteiger partial charge >= 0.3 is 0 Å². The third kappa shape index (κ3) is 8.16. The Labute approximate surface area is 271 Å². The standard InChI is InChI=1S/C40H40N2O4/c1-42(26-29-10-4-2-5-11-29)27-37-24-38(32-20-18-30(28-43)19-21-32)46-40(45-37)36-17-9-16-35(23-36)34-15-8-12-31(22-34)25-41-39(44)33-13-6-3-7-14-33/h2-23,37-38,40,43H,24-28H2,1H3,(H,41,44)/t37-,38+,40+/m1/s1. The number of nitrogens with zero attached hydrogens (tertiary/aromatic N) is 1. The minimum absolute atomic E-state index is 0.0117. The molecular formula is C40H40N2O4. The number of aliphatic hydroxyl groups excluding tert-OH is 1. The van der Waals surface area contributed by atoms with Crippen molar-refractivity contribution in [3.05, 3.63) is 167 Å². The molecule has 0 unspecified atom stereocenters. The summed E-state index contributed by atoms with van der Waals surface area (Å²) in [5.41, 5.74) is 7.93. The highest BCUT2D eigenvalue weighted by Gasteiger charge is 2.33. The summed E-state index contributed by atoms with van der Waals surface area (Å²) in [6, 6.07) is 44.3.